The summed E-state index contributed by atoms with van der Waals surface area (Å²) < 4.78 is 45.0. The van der Waals surface area contributed by atoms with Crippen LogP contribution in [0.4, 0.5) is 18.9 Å². The molecule has 2 aromatic rings. The van der Waals surface area contributed by atoms with Crippen LogP contribution in [0.1, 0.15) is 11.3 Å². The van der Waals surface area contributed by atoms with Crippen LogP contribution in [0.3, 0.4) is 0 Å². The number of halogens is 4. The maximum Gasteiger partial charge on any atom is 0.416 e. The van der Waals surface area contributed by atoms with Crippen molar-refractivity contribution >= 4 is 23.2 Å². The normalized spacial score (nSPS) is 11.3. The third-order valence-electron chi connectivity index (χ3n) is 3.45. The Morgan fingerprint density at radius 1 is 1.32 bits per heavy atom. The number of aromatic nitrogens is 1. The molecule has 25 heavy (non-hydrogen) atoms. The van der Waals surface area contributed by atoms with Gasteiger partial charge < -0.3 is 14.6 Å². The van der Waals surface area contributed by atoms with Gasteiger partial charge in [0.25, 0.3) is 5.91 Å². The van der Waals surface area contributed by atoms with Crippen molar-refractivity contribution in [1.29, 1.82) is 0 Å². The summed E-state index contributed by atoms with van der Waals surface area (Å²) in [5, 5.41) is 2.19. The van der Waals surface area contributed by atoms with E-state index in [1.165, 1.54) is 6.07 Å². The molecule has 0 atom stereocenters. The molecule has 0 radical (unpaired) electrons. The Morgan fingerprint density at radius 2 is 2.00 bits per heavy atom. The molecule has 0 fully saturated rings. The van der Waals surface area contributed by atoms with E-state index in [0.717, 1.165) is 18.2 Å². The first-order chi connectivity index (χ1) is 11.6. The Bertz CT molecular complexity index is 863. The molecule has 0 saturated carbocycles. The van der Waals surface area contributed by atoms with Crippen LogP contribution < -0.4 is 15.5 Å². The predicted octanol–water partition coefficient (Wildman–Crippen LogP) is 3.38. The van der Waals surface area contributed by atoms with Gasteiger partial charge in [0.1, 0.15) is 0 Å². The smallest absolute Gasteiger partial charge is 0.416 e. The maximum absolute atomic E-state index is 12.7. The van der Waals surface area contributed by atoms with Gasteiger partial charge in [-0.1, -0.05) is 11.6 Å². The van der Waals surface area contributed by atoms with Gasteiger partial charge in [-0.25, -0.2) is 0 Å². The highest BCUT2D eigenvalue weighted by molar-refractivity contribution is 6.33. The van der Waals surface area contributed by atoms with Gasteiger partial charge >= 0.3 is 6.18 Å². The molecular formula is C16H14ClF3N2O3. The molecule has 0 unspecified atom stereocenters. The lowest BCUT2D eigenvalue weighted by Gasteiger charge is -2.13. The van der Waals surface area contributed by atoms with Crippen LogP contribution in [0.15, 0.2) is 35.3 Å². The van der Waals surface area contributed by atoms with Crippen LogP contribution in [0.25, 0.3) is 0 Å². The number of ether oxygens (including phenoxy) is 1. The predicted molar refractivity (Wildman–Crippen MR) is 87.0 cm³/mol. The van der Waals surface area contributed by atoms with Gasteiger partial charge in [-0.05, 0) is 25.1 Å². The molecule has 0 aliphatic heterocycles. The fourth-order valence-electron chi connectivity index (χ4n) is 2.00. The van der Waals surface area contributed by atoms with E-state index < -0.39 is 29.7 Å². The second kappa shape index (κ2) is 7.18. The van der Waals surface area contributed by atoms with Gasteiger partial charge in [-0.2, -0.15) is 13.2 Å². The van der Waals surface area contributed by atoms with E-state index in [0.29, 0.717) is 5.69 Å². The molecular weight excluding hydrogens is 361 g/mol. The SMILES string of the molecule is Cc1c(OCC(=O)Nc2cc(C(F)(F)F)ccc2Cl)c(=O)ccn1C. The number of anilines is 1. The Kier molecular flexibility index (Phi) is 5.42. The molecule has 2 rings (SSSR count). The molecule has 0 saturated heterocycles. The van der Waals surface area contributed by atoms with Crippen LogP contribution in [-0.4, -0.2) is 17.1 Å². The average Bonchev–Trinajstić information content (AvgIpc) is 2.52. The fourth-order valence-corrected chi connectivity index (χ4v) is 2.17. The van der Waals surface area contributed by atoms with Crippen molar-refractivity contribution in [2.75, 3.05) is 11.9 Å². The zero-order chi connectivity index (χ0) is 18.8. The maximum atomic E-state index is 12.7. The van der Waals surface area contributed by atoms with Crippen molar-refractivity contribution in [1.82, 2.24) is 4.57 Å². The first-order valence-electron chi connectivity index (χ1n) is 7.05. The summed E-state index contributed by atoms with van der Waals surface area (Å²) in [5.41, 5.74) is -1.03. The minimum Gasteiger partial charge on any atom is -0.478 e. The van der Waals surface area contributed by atoms with E-state index in [1.807, 2.05) is 0 Å². The van der Waals surface area contributed by atoms with Crippen LogP contribution in [-0.2, 0) is 18.0 Å². The first kappa shape index (κ1) is 18.9. The number of nitrogens with zero attached hydrogens (tertiary/aromatic N) is 1. The van der Waals surface area contributed by atoms with E-state index in [4.69, 9.17) is 16.3 Å². The van der Waals surface area contributed by atoms with Crippen LogP contribution >= 0.6 is 11.6 Å². The molecule has 0 bridgehead atoms. The molecule has 134 valence electrons. The number of nitrogens with one attached hydrogen (secondary N) is 1. The van der Waals surface area contributed by atoms with Gasteiger partial charge in [-0.15, -0.1) is 0 Å². The minimum absolute atomic E-state index is 0.00436. The summed E-state index contributed by atoms with van der Waals surface area (Å²) in [6, 6.07) is 3.86. The van der Waals surface area contributed by atoms with Gasteiger partial charge in [0, 0.05) is 19.3 Å². The second-order valence-electron chi connectivity index (χ2n) is 5.23. The standard InChI is InChI=1S/C16H14ClF3N2O3/c1-9-15(13(23)5-6-22(9)2)25-8-14(24)21-12-7-10(16(18,19)20)3-4-11(12)17/h3-7H,8H2,1-2H3,(H,21,24). The molecule has 1 aromatic heterocycles. The number of benzene rings is 1. The number of pyridine rings is 1. The molecule has 1 heterocycles. The van der Waals surface area contributed by atoms with Crippen molar-refractivity contribution < 1.29 is 22.7 Å². The highest BCUT2D eigenvalue weighted by Crippen LogP contribution is 2.33. The van der Waals surface area contributed by atoms with E-state index in [1.54, 1.807) is 24.7 Å². The van der Waals surface area contributed by atoms with E-state index in [9.17, 15) is 22.8 Å². The molecule has 1 N–H and O–H groups in total. The molecule has 1 amide bonds. The van der Waals surface area contributed by atoms with Crippen LogP contribution in [0, 0.1) is 6.92 Å². The second-order valence-corrected chi connectivity index (χ2v) is 5.64. The number of hydrogen-bond donors (Lipinski definition) is 1. The summed E-state index contributed by atoms with van der Waals surface area (Å²) in [7, 11) is 1.70. The molecule has 0 aliphatic carbocycles. The van der Waals surface area contributed by atoms with Gasteiger partial charge in [-0.3, -0.25) is 9.59 Å². The van der Waals surface area contributed by atoms with E-state index >= 15 is 0 Å². The molecule has 0 spiro atoms. The molecule has 9 heteroatoms. The minimum atomic E-state index is -4.56. The van der Waals surface area contributed by atoms with Crippen LogP contribution in [0.2, 0.25) is 5.02 Å². The van der Waals surface area contributed by atoms with Crippen LogP contribution in [0.5, 0.6) is 5.75 Å². The highest BCUT2D eigenvalue weighted by atomic mass is 35.5. The summed E-state index contributed by atoms with van der Waals surface area (Å²) >= 11 is 5.80. The number of rotatable bonds is 4. The number of amides is 1. The summed E-state index contributed by atoms with van der Waals surface area (Å²) in [4.78, 5) is 23.7. The third kappa shape index (κ3) is 4.54. The molecule has 1 aromatic carbocycles. The Morgan fingerprint density at radius 3 is 2.64 bits per heavy atom. The summed E-state index contributed by atoms with van der Waals surface area (Å²) in [5.74, 6) is -0.748. The largest absolute Gasteiger partial charge is 0.478 e. The Hall–Kier alpha value is -2.48. The van der Waals surface area contributed by atoms with Crippen molar-refractivity contribution in [3.8, 4) is 5.75 Å². The topological polar surface area (TPSA) is 60.3 Å². The summed E-state index contributed by atoms with van der Waals surface area (Å²) in [6.07, 6.45) is -3.01. The average molecular weight is 375 g/mol. The number of alkyl halides is 3. The number of carbonyl (C=O) groups is 1. The first-order valence-corrected chi connectivity index (χ1v) is 7.43. The third-order valence-corrected chi connectivity index (χ3v) is 3.78. The zero-order valence-electron chi connectivity index (χ0n) is 13.3. The van der Waals surface area contributed by atoms with Crippen molar-refractivity contribution in [2.24, 2.45) is 7.05 Å². The zero-order valence-corrected chi connectivity index (χ0v) is 14.0. The van der Waals surface area contributed by atoms with E-state index in [2.05, 4.69) is 5.32 Å². The van der Waals surface area contributed by atoms with Gasteiger partial charge in [0.05, 0.1) is 22.0 Å². The van der Waals surface area contributed by atoms with Crippen molar-refractivity contribution in [2.45, 2.75) is 13.1 Å². The lowest BCUT2D eigenvalue weighted by atomic mass is 10.2. The van der Waals surface area contributed by atoms with Gasteiger partial charge in [0.2, 0.25) is 5.43 Å². The highest BCUT2D eigenvalue weighted by Gasteiger charge is 2.31. The number of aryl methyl sites for hydroxylation is 1. The quantitative estimate of drug-likeness (QED) is 0.892. The Labute approximate surface area is 146 Å². The number of carbonyl (C=O) groups excluding carboxylic acids is 1. The number of hydrogen-bond acceptors (Lipinski definition) is 3. The summed E-state index contributed by atoms with van der Waals surface area (Å²) in [6.45, 7) is 1.09. The molecule has 0 aliphatic rings. The molecule has 5 nitrogen and oxygen atoms in total. The van der Waals surface area contributed by atoms with E-state index in [-0.39, 0.29) is 16.5 Å². The lowest BCUT2D eigenvalue weighted by Crippen LogP contribution is -2.23. The lowest BCUT2D eigenvalue weighted by molar-refractivity contribution is -0.137. The fraction of sp³-hybridized carbons (Fsp3) is 0.250. The Balaban J connectivity index is 2.12. The van der Waals surface area contributed by atoms with Gasteiger partial charge in [0.15, 0.2) is 12.4 Å². The van der Waals surface area contributed by atoms with Crippen molar-refractivity contribution in [3.63, 3.8) is 0 Å². The monoisotopic (exact) mass is 374 g/mol. The van der Waals surface area contributed by atoms with Crippen molar-refractivity contribution in [3.05, 3.63) is 57.0 Å².